The van der Waals surface area contributed by atoms with E-state index in [0.717, 1.165) is 11.3 Å². The average Bonchev–Trinajstić information content (AvgIpc) is 2.73. The quantitative estimate of drug-likeness (QED) is 0.479. The molecule has 0 heterocycles. The van der Waals surface area contributed by atoms with Gasteiger partial charge in [-0.3, -0.25) is 4.31 Å². The van der Waals surface area contributed by atoms with Crippen molar-refractivity contribution < 1.29 is 13.2 Å². The van der Waals surface area contributed by atoms with Crippen molar-refractivity contribution in [2.45, 2.75) is 18.4 Å². The largest absolute Gasteiger partial charge is 0.494 e. The first-order valence-corrected chi connectivity index (χ1v) is 11.4. The van der Waals surface area contributed by atoms with Gasteiger partial charge in [-0.2, -0.15) is 0 Å². The Kier molecular flexibility index (Phi) is 6.90. The van der Waals surface area contributed by atoms with E-state index in [1.54, 1.807) is 36.4 Å². The van der Waals surface area contributed by atoms with E-state index in [2.05, 4.69) is 0 Å². The molecule has 3 rings (SSSR count). The molecule has 0 unspecified atom stereocenters. The van der Waals surface area contributed by atoms with Gasteiger partial charge in [-0.05, 0) is 73.2 Å². The van der Waals surface area contributed by atoms with Crippen LogP contribution in [0.5, 0.6) is 5.75 Å². The summed E-state index contributed by atoms with van der Waals surface area (Å²) < 4.78 is 33.8. The third-order valence-corrected chi connectivity index (χ3v) is 6.66. The van der Waals surface area contributed by atoms with E-state index in [1.165, 1.54) is 16.4 Å². The molecular weight excluding hydrogens is 420 g/mol. The van der Waals surface area contributed by atoms with Crippen LogP contribution in [0, 0.1) is 0 Å². The molecule has 5 nitrogen and oxygen atoms in total. The highest BCUT2D eigenvalue weighted by Gasteiger charge is 2.25. The van der Waals surface area contributed by atoms with Gasteiger partial charge < -0.3 is 9.64 Å². The maximum atomic E-state index is 13.5. The summed E-state index contributed by atoms with van der Waals surface area (Å²) >= 11 is 5.95. The van der Waals surface area contributed by atoms with Crippen molar-refractivity contribution in [2.24, 2.45) is 0 Å². The third-order valence-electron chi connectivity index (χ3n) is 4.62. The standard InChI is InChI=1S/C23H25ClN2O3S/c1-4-29-22-13-11-21(12-14-22)26(17-18-5-9-20(10-6-18)25(2)3)30(27,28)23-15-7-19(24)8-16-23/h5-16H,4,17H2,1-3H3. The molecule has 0 aliphatic rings. The van der Waals surface area contributed by atoms with E-state index < -0.39 is 10.0 Å². The Labute approximate surface area is 183 Å². The number of halogens is 1. The van der Waals surface area contributed by atoms with Crippen LogP contribution in [0.25, 0.3) is 0 Å². The lowest BCUT2D eigenvalue weighted by Gasteiger charge is -2.25. The SMILES string of the molecule is CCOc1ccc(N(Cc2ccc(N(C)C)cc2)S(=O)(=O)c2ccc(Cl)cc2)cc1. The van der Waals surface area contributed by atoms with E-state index >= 15 is 0 Å². The zero-order valence-electron chi connectivity index (χ0n) is 17.2. The van der Waals surface area contributed by atoms with Gasteiger partial charge in [-0.1, -0.05) is 23.7 Å². The number of sulfonamides is 1. The fourth-order valence-electron chi connectivity index (χ4n) is 2.99. The van der Waals surface area contributed by atoms with Crippen molar-refractivity contribution in [3.8, 4) is 5.75 Å². The van der Waals surface area contributed by atoms with Gasteiger partial charge in [0.1, 0.15) is 5.75 Å². The minimum atomic E-state index is -3.80. The van der Waals surface area contributed by atoms with Crippen molar-refractivity contribution >= 4 is 33.0 Å². The molecule has 30 heavy (non-hydrogen) atoms. The van der Waals surface area contributed by atoms with E-state index in [0.29, 0.717) is 23.1 Å². The van der Waals surface area contributed by atoms with Crippen LogP contribution in [-0.2, 0) is 16.6 Å². The Bertz CT molecular complexity index is 1060. The number of anilines is 2. The summed E-state index contributed by atoms with van der Waals surface area (Å²) in [6.07, 6.45) is 0. The molecule has 0 fully saturated rings. The van der Waals surface area contributed by atoms with Crippen molar-refractivity contribution in [1.29, 1.82) is 0 Å². The van der Waals surface area contributed by atoms with Crippen LogP contribution in [-0.4, -0.2) is 29.1 Å². The lowest BCUT2D eigenvalue weighted by Crippen LogP contribution is -2.30. The first-order chi connectivity index (χ1) is 14.3. The third kappa shape index (κ3) is 5.07. The molecule has 0 aliphatic heterocycles. The Morgan fingerprint density at radius 2 is 1.40 bits per heavy atom. The fourth-order valence-corrected chi connectivity index (χ4v) is 4.57. The Morgan fingerprint density at radius 1 is 0.833 bits per heavy atom. The summed E-state index contributed by atoms with van der Waals surface area (Å²) in [5, 5.41) is 0.487. The molecule has 0 amide bonds. The Balaban J connectivity index is 2.00. The van der Waals surface area contributed by atoms with Crippen LogP contribution in [0.2, 0.25) is 5.02 Å². The highest BCUT2D eigenvalue weighted by molar-refractivity contribution is 7.92. The fraction of sp³-hybridized carbons (Fsp3) is 0.217. The second-order valence-corrected chi connectivity index (χ2v) is 9.25. The lowest BCUT2D eigenvalue weighted by atomic mass is 10.2. The summed E-state index contributed by atoms with van der Waals surface area (Å²) in [6, 6.07) is 21.1. The van der Waals surface area contributed by atoms with Gasteiger partial charge in [-0.25, -0.2) is 8.42 Å². The maximum absolute atomic E-state index is 13.5. The molecule has 7 heteroatoms. The molecule has 3 aromatic carbocycles. The molecule has 0 radical (unpaired) electrons. The van der Waals surface area contributed by atoms with E-state index in [-0.39, 0.29) is 11.4 Å². The van der Waals surface area contributed by atoms with Crippen LogP contribution in [0.3, 0.4) is 0 Å². The first kappa shape index (κ1) is 22.0. The molecule has 0 atom stereocenters. The first-order valence-electron chi connectivity index (χ1n) is 9.58. The van der Waals surface area contributed by atoms with Crippen molar-refractivity contribution in [2.75, 3.05) is 29.9 Å². The lowest BCUT2D eigenvalue weighted by molar-refractivity contribution is 0.340. The minimum absolute atomic E-state index is 0.186. The topological polar surface area (TPSA) is 49.9 Å². The van der Waals surface area contributed by atoms with Crippen molar-refractivity contribution in [3.05, 3.63) is 83.4 Å². The highest BCUT2D eigenvalue weighted by Crippen LogP contribution is 2.29. The maximum Gasteiger partial charge on any atom is 0.264 e. The molecule has 0 aliphatic carbocycles. The zero-order chi connectivity index (χ0) is 21.7. The molecule has 0 N–H and O–H groups in total. The number of hydrogen-bond donors (Lipinski definition) is 0. The Hall–Kier alpha value is -2.70. The number of ether oxygens (including phenoxy) is 1. The highest BCUT2D eigenvalue weighted by atomic mass is 35.5. The van der Waals surface area contributed by atoms with Gasteiger partial charge in [0.15, 0.2) is 0 Å². The van der Waals surface area contributed by atoms with E-state index in [4.69, 9.17) is 16.3 Å². The summed E-state index contributed by atoms with van der Waals surface area (Å²) in [4.78, 5) is 2.18. The van der Waals surface area contributed by atoms with Crippen LogP contribution >= 0.6 is 11.6 Å². The smallest absolute Gasteiger partial charge is 0.264 e. The van der Waals surface area contributed by atoms with Gasteiger partial charge in [0.25, 0.3) is 10.0 Å². The van der Waals surface area contributed by atoms with Crippen LogP contribution in [0.1, 0.15) is 12.5 Å². The number of benzene rings is 3. The molecule has 0 spiro atoms. The molecule has 0 bridgehead atoms. The molecule has 0 aromatic heterocycles. The zero-order valence-corrected chi connectivity index (χ0v) is 18.8. The van der Waals surface area contributed by atoms with E-state index in [9.17, 15) is 8.42 Å². The predicted molar refractivity (Wildman–Crippen MR) is 123 cm³/mol. The van der Waals surface area contributed by atoms with Crippen LogP contribution < -0.4 is 13.9 Å². The van der Waals surface area contributed by atoms with Gasteiger partial charge in [0.2, 0.25) is 0 Å². The summed E-state index contributed by atoms with van der Waals surface area (Å²) in [7, 11) is 0.132. The van der Waals surface area contributed by atoms with Gasteiger partial charge in [-0.15, -0.1) is 0 Å². The number of nitrogens with zero attached hydrogens (tertiary/aromatic N) is 2. The second kappa shape index (κ2) is 9.41. The summed E-state index contributed by atoms with van der Waals surface area (Å²) in [5.74, 6) is 0.695. The molecule has 158 valence electrons. The van der Waals surface area contributed by atoms with Gasteiger partial charge in [0, 0.05) is 24.8 Å². The molecule has 3 aromatic rings. The second-order valence-electron chi connectivity index (χ2n) is 6.95. The van der Waals surface area contributed by atoms with Gasteiger partial charge >= 0.3 is 0 Å². The molecule has 0 saturated carbocycles. The predicted octanol–water partition coefficient (Wildman–Crippen LogP) is 5.20. The summed E-state index contributed by atoms with van der Waals surface area (Å²) in [5.41, 5.74) is 2.49. The monoisotopic (exact) mass is 444 g/mol. The summed E-state index contributed by atoms with van der Waals surface area (Å²) in [6.45, 7) is 2.65. The normalized spacial score (nSPS) is 11.2. The van der Waals surface area contributed by atoms with Crippen molar-refractivity contribution in [1.82, 2.24) is 0 Å². The Morgan fingerprint density at radius 3 is 1.93 bits per heavy atom. The van der Waals surface area contributed by atoms with Crippen LogP contribution in [0.15, 0.2) is 77.7 Å². The minimum Gasteiger partial charge on any atom is -0.494 e. The van der Waals surface area contributed by atoms with Crippen LogP contribution in [0.4, 0.5) is 11.4 Å². The number of rotatable bonds is 8. The van der Waals surface area contributed by atoms with E-state index in [1.807, 2.05) is 50.2 Å². The van der Waals surface area contributed by atoms with Crippen molar-refractivity contribution in [3.63, 3.8) is 0 Å². The number of hydrogen-bond acceptors (Lipinski definition) is 4. The van der Waals surface area contributed by atoms with Gasteiger partial charge in [0.05, 0.1) is 23.7 Å². The average molecular weight is 445 g/mol. The molecular formula is C23H25ClN2O3S. The molecule has 0 saturated heterocycles.